The molecule has 0 aromatic heterocycles. The highest BCUT2D eigenvalue weighted by molar-refractivity contribution is 5.75. The highest BCUT2D eigenvalue weighted by Gasteiger charge is 2.23. The number of nitrogens with two attached hydrogens (primary N) is 1. The van der Waals surface area contributed by atoms with Gasteiger partial charge in [-0.15, -0.1) is 0 Å². The monoisotopic (exact) mass is 264 g/mol. The first kappa shape index (κ1) is 12.9. The lowest BCUT2D eigenvalue weighted by atomic mass is 9.90. The molecule has 0 bridgehead atoms. The van der Waals surface area contributed by atoms with Gasteiger partial charge >= 0.3 is 0 Å². The average molecular weight is 264 g/mol. The van der Waals surface area contributed by atoms with E-state index < -0.39 is 0 Å². The Bertz CT molecular complexity index is 631. The zero-order valence-electron chi connectivity index (χ0n) is 12.0. The van der Waals surface area contributed by atoms with Gasteiger partial charge in [0.25, 0.3) is 0 Å². The SMILES string of the molecule is CC1=CC=CC2=CC(C(C)N)=C(c3ccccc3)CN12. The largest absolute Gasteiger partial charge is 0.341 e. The van der Waals surface area contributed by atoms with Gasteiger partial charge in [-0.05, 0) is 48.8 Å². The van der Waals surface area contributed by atoms with Crippen LogP contribution >= 0.6 is 0 Å². The maximum Gasteiger partial charge on any atom is 0.0487 e. The van der Waals surface area contributed by atoms with E-state index in [1.807, 2.05) is 0 Å². The van der Waals surface area contributed by atoms with Gasteiger partial charge in [-0.2, -0.15) is 0 Å². The Hall–Kier alpha value is -2.06. The maximum atomic E-state index is 6.19. The molecule has 0 radical (unpaired) electrons. The van der Waals surface area contributed by atoms with Crippen molar-refractivity contribution in [2.75, 3.05) is 6.54 Å². The summed E-state index contributed by atoms with van der Waals surface area (Å²) in [5.41, 5.74) is 12.5. The van der Waals surface area contributed by atoms with Crippen LogP contribution in [0.15, 0.2) is 71.6 Å². The van der Waals surface area contributed by atoms with Crippen molar-refractivity contribution in [3.63, 3.8) is 0 Å². The number of hydrogen-bond donors (Lipinski definition) is 1. The molecule has 3 rings (SSSR count). The third-order valence-corrected chi connectivity index (χ3v) is 3.92. The van der Waals surface area contributed by atoms with Gasteiger partial charge in [-0.1, -0.05) is 36.4 Å². The quantitative estimate of drug-likeness (QED) is 0.886. The summed E-state index contributed by atoms with van der Waals surface area (Å²) in [6.45, 7) is 5.09. The van der Waals surface area contributed by atoms with Crippen molar-refractivity contribution in [1.82, 2.24) is 4.90 Å². The number of rotatable bonds is 2. The molecule has 0 fully saturated rings. The lowest BCUT2D eigenvalue weighted by Crippen LogP contribution is -2.31. The smallest absolute Gasteiger partial charge is 0.0487 e. The van der Waals surface area contributed by atoms with E-state index in [0.717, 1.165) is 6.54 Å². The Morgan fingerprint density at radius 2 is 1.95 bits per heavy atom. The summed E-state index contributed by atoms with van der Waals surface area (Å²) in [6.07, 6.45) is 8.63. The Morgan fingerprint density at radius 1 is 1.20 bits per heavy atom. The highest BCUT2D eigenvalue weighted by Crippen LogP contribution is 2.33. The molecule has 1 atom stereocenters. The fraction of sp³-hybridized carbons (Fsp3) is 0.222. The molecule has 1 aromatic rings. The van der Waals surface area contributed by atoms with E-state index in [9.17, 15) is 0 Å². The molecule has 20 heavy (non-hydrogen) atoms. The third kappa shape index (κ3) is 2.23. The first-order valence-corrected chi connectivity index (χ1v) is 7.05. The van der Waals surface area contributed by atoms with Crippen molar-refractivity contribution in [1.29, 1.82) is 0 Å². The zero-order chi connectivity index (χ0) is 14.1. The van der Waals surface area contributed by atoms with Gasteiger partial charge in [0.1, 0.15) is 0 Å². The second-order valence-electron chi connectivity index (χ2n) is 5.41. The summed E-state index contributed by atoms with van der Waals surface area (Å²) < 4.78 is 0. The second kappa shape index (κ2) is 5.14. The highest BCUT2D eigenvalue weighted by atomic mass is 15.2. The molecule has 2 aliphatic rings. The van der Waals surface area contributed by atoms with Crippen LogP contribution in [0.5, 0.6) is 0 Å². The van der Waals surface area contributed by atoms with Crippen LogP contribution < -0.4 is 5.73 Å². The first-order chi connectivity index (χ1) is 9.66. The van der Waals surface area contributed by atoms with Crippen LogP contribution in [-0.4, -0.2) is 17.5 Å². The van der Waals surface area contributed by atoms with Crippen molar-refractivity contribution in [2.45, 2.75) is 19.9 Å². The molecule has 2 heteroatoms. The van der Waals surface area contributed by atoms with E-state index in [1.54, 1.807) is 0 Å². The van der Waals surface area contributed by atoms with E-state index in [1.165, 1.54) is 28.1 Å². The van der Waals surface area contributed by atoms with Crippen LogP contribution in [0.25, 0.3) is 5.57 Å². The number of benzene rings is 1. The molecule has 102 valence electrons. The summed E-state index contributed by atoms with van der Waals surface area (Å²) in [7, 11) is 0. The Labute approximate surface area is 120 Å². The van der Waals surface area contributed by atoms with Crippen molar-refractivity contribution in [3.05, 3.63) is 77.2 Å². The van der Waals surface area contributed by atoms with Crippen molar-refractivity contribution in [3.8, 4) is 0 Å². The van der Waals surface area contributed by atoms with Gasteiger partial charge in [0.15, 0.2) is 0 Å². The molecule has 1 unspecified atom stereocenters. The van der Waals surface area contributed by atoms with Crippen molar-refractivity contribution < 1.29 is 0 Å². The minimum absolute atomic E-state index is 0.0412. The zero-order valence-corrected chi connectivity index (χ0v) is 12.0. The topological polar surface area (TPSA) is 29.3 Å². The molecule has 0 saturated heterocycles. The van der Waals surface area contributed by atoms with E-state index in [4.69, 9.17) is 5.73 Å². The predicted molar refractivity (Wildman–Crippen MR) is 84.7 cm³/mol. The van der Waals surface area contributed by atoms with Crippen LogP contribution in [0.3, 0.4) is 0 Å². The van der Waals surface area contributed by atoms with E-state index in [-0.39, 0.29) is 6.04 Å². The van der Waals surface area contributed by atoms with Crippen molar-refractivity contribution >= 4 is 5.57 Å². The van der Waals surface area contributed by atoms with E-state index in [0.29, 0.717) is 0 Å². The van der Waals surface area contributed by atoms with Gasteiger partial charge in [0.2, 0.25) is 0 Å². The summed E-state index contributed by atoms with van der Waals surface area (Å²) in [5.74, 6) is 0. The molecule has 2 N–H and O–H groups in total. The number of nitrogens with zero attached hydrogens (tertiary/aromatic N) is 1. The maximum absolute atomic E-state index is 6.19. The van der Waals surface area contributed by atoms with Gasteiger partial charge < -0.3 is 10.6 Å². The molecule has 2 aliphatic heterocycles. The molecule has 0 saturated carbocycles. The normalized spacial score (nSPS) is 19.4. The summed E-state index contributed by atoms with van der Waals surface area (Å²) >= 11 is 0. The van der Waals surface area contributed by atoms with Gasteiger partial charge in [0.05, 0.1) is 0 Å². The molecule has 0 aliphatic carbocycles. The lowest BCUT2D eigenvalue weighted by Gasteiger charge is -2.35. The van der Waals surface area contributed by atoms with Crippen molar-refractivity contribution in [2.24, 2.45) is 5.73 Å². The summed E-state index contributed by atoms with van der Waals surface area (Å²) in [5, 5.41) is 0. The fourth-order valence-electron chi connectivity index (χ4n) is 2.81. The molecule has 2 nitrogen and oxygen atoms in total. The number of fused-ring (bicyclic) bond motifs is 1. The molecule has 0 spiro atoms. The molecule has 0 amide bonds. The van der Waals surface area contributed by atoms with Gasteiger partial charge in [-0.3, -0.25) is 0 Å². The van der Waals surface area contributed by atoms with Gasteiger partial charge in [0, 0.05) is 24.0 Å². The number of hydrogen-bond acceptors (Lipinski definition) is 2. The average Bonchev–Trinajstić information content (AvgIpc) is 2.47. The minimum atomic E-state index is 0.0412. The number of allylic oxidation sites excluding steroid dienone is 4. The molecule has 1 aromatic carbocycles. The Balaban J connectivity index is 2.11. The van der Waals surface area contributed by atoms with Crippen LogP contribution in [0.4, 0.5) is 0 Å². The summed E-state index contributed by atoms with van der Waals surface area (Å²) in [6, 6.07) is 10.6. The third-order valence-electron chi connectivity index (χ3n) is 3.92. The predicted octanol–water partition coefficient (Wildman–Crippen LogP) is 3.46. The van der Waals surface area contributed by atoms with E-state index >= 15 is 0 Å². The molecular formula is C18H20N2. The first-order valence-electron chi connectivity index (χ1n) is 7.05. The van der Waals surface area contributed by atoms with Crippen LogP contribution in [0.2, 0.25) is 0 Å². The Morgan fingerprint density at radius 3 is 2.65 bits per heavy atom. The minimum Gasteiger partial charge on any atom is -0.341 e. The standard InChI is InChI=1S/C18H20N2/c1-13-7-6-10-16-11-17(14(2)19)18(12-20(13)16)15-8-4-3-5-9-15/h3-11,14H,12,19H2,1-2H3. The van der Waals surface area contributed by atoms with Crippen LogP contribution in [0, 0.1) is 0 Å². The molecule has 2 heterocycles. The Kier molecular flexibility index (Phi) is 3.33. The van der Waals surface area contributed by atoms with Crippen LogP contribution in [-0.2, 0) is 0 Å². The second-order valence-corrected chi connectivity index (χ2v) is 5.41. The van der Waals surface area contributed by atoms with Gasteiger partial charge in [-0.25, -0.2) is 0 Å². The lowest BCUT2D eigenvalue weighted by molar-refractivity contribution is 0.482. The van der Waals surface area contributed by atoms with E-state index in [2.05, 4.69) is 73.4 Å². The van der Waals surface area contributed by atoms with Crippen LogP contribution in [0.1, 0.15) is 19.4 Å². The molecular weight excluding hydrogens is 244 g/mol. The fourth-order valence-corrected chi connectivity index (χ4v) is 2.81. The summed E-state index contributed by atoms with van der Waals surface area (Å²) in [4.78, 5) is 2.34.